The third kappa shape index (κ3) is 3.66. The number of rotatable bonds is 4. The van der Waals surface area contributed by atoms with Crippen LogP contribution in [0.25, 0.3) is 0 Å². The molecular formula is C11H9BrCl2N2O2S2. The van der Waals surface area contributed by atoms with E-state index in [4.69, 9.17) is 28.9 Å². The van der Waals surface area contributed by atoms with Crippen LogP contribution in [-0.2, 0) is 16.6 Å². The van der Waals surface area contributed by atoms with Crippen molar-refractivity contribution in [2.24, 2.45) is 0 Å². The SMILES string of the molecule is Nc1cc(Cl)c(S(=O)(=O)NCc2cc(Br)cs2)c(Cl)c1. The largest absolute Gasteiger partial charge is 0.399 e. The molecule has 0 atom stereocenters. The maximum absolute atomic E-state index is 12.2. The number of benzene rings is 1. The highest BCUT2D eigenvalue weighted by atomic mass is 79.9. The molecule has 0 radical (unpaired) electrons. The molecule has 0 unspecified atom stereocenters. The fourth-order valence-corrected chi connectivity index (χ4v) is 5.24. The fraction of sp³-hybridized carbons (Fsp3) is 0.0909. The second kappa shape index (κ2) is 6.21. The lowest BCUT2D eigenvalue weighted by Gasteiger charge is -2.10. The molecule has 2 aromatic rings. The Morgan fingerprint density at radius 1 is 1.25 bits per heavy atom. The molecule has 20 heavy (non-hydrogen) atoms. The Morgan fingerprint density at radius 2 is 1.85 bits per heavy atom. The summed E-state index contributed by atoms with van der Waals surface area (Å²) in [5, 5.41) is 1.86. The lowest BCUT2D eigenvalue weighted by Crippen LogP contribution is -2.23. The number of hydrogen-bond acceptors (Lipinski definition) is 4. The van der Waals surface area contributed by atoms with Crippen LogP contribution in [0.15, 0.2) is 32.9 Å². The molecule has 4 nitrogen and oxygen atoms in total. The Kier molecular flexibility index (Phi) is 4.99. The van der Waals surface area contributed by atoms with Gasteiger partial charge in [0.25, 0.3) is 0 Å². The van der Waals surface area contributed by atoms with Crippen molar-refractivity contribution in [1.82, 2.24) is 4.72 Å². The molecule has 0 aliphatic rings. The topological polar surface area (TPSA) is 72.2 Å². The first-order valence-electron chi connectivity index (χ1n) is 5.26. The third-order valence-corrected chi connectivity index (χ3v) is 6.37. The minimum Gasteiger partial charge on any atom is -0.399 e. The van der Waals surface area contributed by atoms with Gasteiger partial charge in [0.15, 0.2) is 0 Å². The predicted molar refractivity (Wildman–Crippen MR) is 86.9 cm³/mol. The quantitative estimate of drug-likeness (QED) is 0.744. The van der Waals surface area contributed by atoms with Crippen molar-refractivity contribution in [2.45, 2.75) is 11.4 Å². The summed E-state index contributed by atoms with van der Waals surface area (Å²) in [7, 11) is -3.81. The molecular weight excluding hydrogens is 407 g/mol. The van der Waals surface area contributed by atoms with Crippen LogP contribution < -0.4 is 10.5 Å². The van der Waals surface area contributed by atoms with Crippen LogP contribution in [-0.4, -0.2) is 8.42 Å². The van der Waals surface area contributed by atoms with E-state index in [1.54, 1.807) is 0 Å². The van der Waals surface area contributed by atoms with E-state index in [0.717, 1.165) is 9.35 Å². The molecule has 9 heteroatoms. The zero-order valence-corrected chi connectivity index (χ0v) is 14.6. The summed E-state index contributed by atoms with van der Waals surface area (Å²) >= 11 is 16.6. The van der Waals surface area contributed by atoms with Crippen LogP contribution >= 0.6 is 50.5 Å². The van der Waals surface area contributed by atoms with Gasteiger partial charge in [-0.1, -0.05) is 23.2 Å². The first-order chi connectivity index (χ1) is 9.29. The van der Waals surface area contributed by atoms with Crippen LogP contribution in [0.5, 0.6) is 0 Å². The highest BCUT2D eigenvalue weighted by Gasteiger charge is 2.22. The molecule has 1 heterocycles. The third-order valence-electron chi connectivity index (χ3n) is 2.35. The molecule has 0 saturated carbocycles. The van der Waals surface area contributed by atoms with Crippen molar-refractivity contribution >= 4 is 66.2 Å². The molecule has 0 fully saturated rings. The number of nitrogen functional groups attached to an aromatic ring is 1. The zero-order valence-electron chi connectivity index (χ0n) is 9.86. The predicted octanol–water partition coefficient (Wildman–Crippen LogP) is 3.88. The summed E-state index contributed by atoms with van der Waals surface area (Å²) < 4.78 is 27.8. The summed E-state index contributed by atoms with van der Waals surface area (Å²) in [5.41, 5.74) is 5.86. The summed E-state index contributed by atoms with van der Waals surface area (Å²) in [6, 6.07) is 4.53. The van der Waals surface area contributed by atoms with Crippen molar-refractivity contribution in [1.29, 1.82) is 0 Å². The molecule has 0 aliphatic heterocycles. The van der Waals surface area contributed by atoms with Gasteiger partial charge in [0.05, 0.1) is 10.0 Å². The first-order valence-corrected chi connectivity index (χ1v) is 9.18. The number of anilines is 1. The van der Waals surface area contributed by atoms with Crippen molar-refractivity contribution in [3.63, 3.8) is 0 Å². The van der Waals surface area contributed by atoms with Crippen LogP contribution in [0.3, 0.4) is 0 Å². The molecule has 0 aliphatic carbocycles. The van der Waals surface area contributed by atoms with Gasteiger partial charge < -0.3 is 5.73 Å². The monoisotopic (exact) mass is 414 g/mol. The maximum atomic E-state index is 12.2. The van der Waals surface area contributed by atoms with E-state index >= 15 is 0 Å². The number of nitrogens with one attached hydrogen (secondary N) is 1. The minimum atomic E-state index is -3.81. The lowest BCUT2D eigenvalue weighted by molar-refractivity contribution is 0.582. The number of thiophene rings is 1. The molecule has 1 aromatic heterocycles. The Balaban J connectivity index is 2.27. The van der Waals surface area contributed by atoms with Crippen LogP contribution in [0.2, 0.25) is 10.0 Å². The minimum absolute atomic E-state index is 0.00476. The van der Waals surface area contributed by atoms with Crippen LogP contribution in [0.4, 0.5) is 5.69 Å². The van der Waals surface area contributed by atoms with Gasteiger partial charge in [-0.05, 0) is 34.1 Å². The highest BCUT2D eigenvalue weighted by molar-refractivity contribution is 9.10. The standard InChI is InChI=1S/C11H9BrCl2N2O2S2/c12-6-1-8(19-5-6)4-16-20(17,18)11-9(13)2-7(15)3-10(11)14/h1-3,5,16H,4,15H2. The molecule has 1 aromatic carbocycles. The molecule has 0 amide bonds. The first kappa shape index (κ1) is 16.1. The van der Waals surface area contributed by atoms with Gasteiger partial charge in [0.1, 0.15) is 4.90 Å². The number of nitrogens with two attached hydrogens (primary N) is 1. The van der Waals surface area contributed by atoms with Crippen molar-refractivity contribution < 1.29 is 8.42 Å². The zero-order chi connectivity index (χ0) is 14.9. The van der Waals surface area contributed by atoms with Gasteiger partial charge in [-0.15, -0.1) is 11.3 Å². The molecule has 2 rings (SSSR count). The Labute approximate surface area is 139 Å². The molecule has 0 spiro atoms. The van der Waals surface area contributed by atoms with Gasteiger partial charge in [-0.25, -0.2) is 13.1 Å². The Bertz CT molecular complexity index is 724. The van der Waals surface area contributed by atoms with Gasteiger partial charge in [-0.3, -0.25) is 0 Å². The van der Waals surface area contributed by atoms with E-state index in [1.807, 2.05) is 11.4 Å². The van der Waals surface area contributed by atoms with E-state index in [0.29, 0.717) is 5.69 Å². The Hall–Kier alpha value is -0.310. The van der Waals surface area contributed by atoms with E-state index in [9.17, 15) is 8.42 Å². The number of sulfonamides is 1. The van der Waals surface area contributed by atoms with Crippen molar-refractivity contribution in [2.75, 3.05) is 5.73 Å². The summed E-state index contributed by atoms with van der Waals surface area (Å²) in [5.74, 6) is 0. The molecule has 3 N–H and O–H groups in total. The van der Waals surface area contributed by atoms with Crippen LogP contribution in [0, 0.1) is 0 Å². The number of halogens is 3. The van der Waals surface area contributed by atoms with Gasteiger partial charge in [0, 0.05) is 27.0 Å². The Morgan fingerprint density at radius 3 is 2.35 bits per heavy atom. The smallest absolute Gasteiger partial charge is 0.243 e. The van der Waals surface area contributed by atoms with E-state index in [-0.39, 0.29) is 21.5 Å². The summed E-state index contributed by atoms with van der Waals surface area (Å²) in [4.78, 5) is 0.703. The van der Waals surface area contributed by atoms with Gasteiger partial charge in [0.2, 0.25) is 10.0 Å². The normalized spacial score (nSPS) is 11.8. The number of hydrogen-bond donors (Lipinski definition) is 2. The van der Waals surface area contributed by atoms with Crippen molar-refractivity contribution in [3.8, 4) is 0 Å². The lowest BCUT2D eigenvalue weighted by atomic mass is 10.3. The fourth-order valence-electron chi connectivity index (χ4n) is 1.52. The van der Waals surface area contributed by atoms with Crippen molar-refractivity contribution in [3.05, 3.63) is 43.0 Å². The highest BCUT2D eigenvalue weighted by Crippen LogP contribution is 2.32. The van der Waals surface area contributed by atoms with Crippen LogP contribution in [0.1, 0.15) is 4.88 Å². The molecule has 0 saturated heterocycles. The van der Waals surface area contributed by atoms with E-state index < -0.39 is 10.0 Å². The van der Waals surface area contributed by atoms with Gasteiger partial charge in [-0.2, -0.15) is 0 Å². The summed E-state index contributed by atoms with van der Waals surface area (Å²) in [6.07, 6.45) is 0. The maximum Gasteiger partial charge on any atom is 0.243 e. The average molecular weight is 416 g/mol. The summed E-state index contributed by atoms with van der Waals surface area (Å²) in [6.45, 7) is 0.162. The van der Waals surface area contributed by atoms with Gasteiger partial charge >= 0.3 is 0 Å². The van der Waals surface area contributed by atoms with E-state index in [1.165, 1.54) is 23.5 Å². The molecule has 108 valence electrons. The average Bonchev–Trinajstić information content (AvgIpc) is 2.71. The molecule has 0 bridgehead atoms. The van der Waals surface area contributed by atoms with E-state index in [2.05, 4.69) is 20.7 Å². The second-order valence-corrected chi connectivity index (χ2v) is 8.30. The second-order valence-electron chi connectivity index (χ2n) is 3.87.